The Bertz CT molecular complexity index is 658. The van der Waals surface area contributed by atoms with E-state index in [1.54, 1.807) is 18.7 Å². The Morgan fingerprint density at radius 2 is 2.00 bits per heavy atom. The van der Waals surface area contributed by atoms with Crippen LogP contribution in [0.5, 0.6) is 5.75 Å². The predicted octanol–water partition coefficient (Wildman–Crippen LogP) is 2.84. The Balaban J connectivity index is 1.81. The fraction of sp³-hybridized carbons (Fsp3) is 0.389. The van der Waals surface area contributed by atoms with E-state index in [1.807, 2.05) is 48.7 Å². The van der Waals surface area contributed by atoms with Gasteiger partial charge in [-0.1, -0.05) is 30.3 Å². The zero-order valence-corrected chi connectivity index (χ0v) is 14.4. The molecule has 0 unspecified atom stereocenters. The van der Waals surface area contributed by atoms with Crippen molar-refractivity contribution in [2.24, 2.45) is 0 Å². The molecule has 1 atom stereocenters. The average molecular weight is 333 g/mol. The van der Waals surface area contributed by atoms with Crippen LogP contribution < -0.4 is 10.1 Å². The molecule has 4 nitrogen and oxygen atoms in total. The number of carbonyl (C=O) groups is 1. The van der Waals surface area contributed by atoms with Gasteiger partial charge in [-0.3, -0.25) is 4.79 Å². The van der Waals surface area contributed by atoms with E-state index in [0.29, 0.717) is 12.2 Å². The van der Waals surface area contributed by atoms with Crippen molar-refractivity contribution < 1.29 is 14.6 Å². The van der Waals surface area contributed by atoms with Gasteiger partial charge in [-0.05, 0) is 48.3 Å². The van der Waals surface area contributed by atoms with Gasteiger partial charge in [0.25, 0.3) is 5.91 Å². The first-order chi connectivity index (χ1) is 11.0. The van der Waals surface area contributed by atoms with Crippen LogP contribution in [0.3, 0.4) is 0 Å². The van der Waals surface area contributed by atoms with E-state index in [2.05, 4.69) is 5.32 Å². The van der Waals surface area contributed by atoms with Crippen LogP contribution >= 0.6 is 11.8 Å². The van der Waals surface area contributed by atoms with Crippen LogP contribution in [0.2, 0.25) is 0 Å². The number of fused-ring (bicyclic) bond motifs is 1. The molecular weight excluding hydrogens is 310 g/mol. The highest BCUT2D eigenvalue weighted by molar-refractivity contribution is 7.98. The third-order valence-electron chi connectivity index (χ3n) is 3.60. The van der Waals surface area contributed by atoms with Gasteiger partial charge >= 0.3 is 0 Å². The Kier molecular flexibility index (Phi) is 6.30. The first-order valence-corrected chi connectivity index (χ1v) is 8.99. The van der Waals surface area contributed by atoms with Crippen molar-refractivity contribution in [2.75, 3.05) is 25.2 Å². The molecule has 23 heavy (non-hydrogen) atoms. The second-order valence-electron chi connectivity index (χ2n) is 5.81. The van der Waals surface area contributed by atoms with E-state index in [0.717, 1.165) is 16.5 Å². The van der Waals surface area contributed by atoms with E-state index in [9.17, 15) is 9.90 Å². The van der Waals surface area contributed by atoms with E-state index < -0.39 is 5.60 Å². The molecule has 2 N–H and O–H groups in total. The number of ether oxygens (including phenoxy) is 1. The van der Waals surface area contributed by atoms with Crippen molar-refractivity contribution in [2.45, 2.75) is 18.9 Å². The van der Waals surface area contributed by atoms with Crippen molar-refractivity contribution in [1.29, 1.82) is 0 Å². The quantitative estimate of drug-likeness (QED) is 0.780. The summed E-state index contributed by atoms with van der Waals surface area (Å²) in [6.45, 7) is 1.90. The molecule has 1 amide bonds. The molecule has 0 radical (unpaired) electrons. The lowest BCUT2D eigenvalue weighted by Gasteiger charge is -2.23. The van der Waals surface area contributed by atoms with Crippen LogP contribution in [0.25, 0.3) is 10.8 Å². The first kappa shape index (κ1) is 17.6. The molecule has 0 fully saturated rings. The summed E-state index contributed by atoms with van der Waals surface area (Å²) in [5, 5.41) is 15.1. The fourth-order valence-corrected chi connectivity index (χ4v) is 2.80. The largest absolute Gasteiger partial charge is 0.484 e. The summed E-state index contributed by atoms with van der Waals surface area (Å²) < 4.78 is 5.52. The highest BCUT2D eigenvalue weighted by Crippen LogP contribution is 2.20. The number of nitrogens with one attached hydrogen (secondary N) is 1. The van der Waals surface area contributed by atoms with Crippen molar-refractivity contribution in [1.82, 2.24) is 5.32 Å². The van der Waals surface area contributed by atoms with Gasteiger partial charge in [0.05, 0.1) is 5.60 Å². The third kappa shape index (κ3) is 5.77. The van der Waals surface area contributed by atoms with E-state index in [4.69, 9.17) is 4.74 Å². The summed E-state index contributed by atoms with van der Waals surface area (Å²) in [5.41, 5.74) is -0.887. The molecular formula is C18H23NO3S. The summed E-state index contributed by atoms with van der Waals surface area (Å²) in [5.74, 6) is 1.28. The minimum absolute atomic E-state index is 0.0586. The maximum absolute atomic E-state index is 11.8. The van der Waals surface area contributed by atoms with Crippen molar-refractivity contribution in [3.63, 3.8) is 0 Å². The molecule has 0 heterocycles. The SMILES string of the molecule is CSCC[C@@](C)(O)CNC(=O)COc1ccc2ccccc2c1. The molecule has 5 heteroatoms. The highest BCUT2D eigenvalue weighted by Gasteiger charge is 2.20. The summed E-state index contributed by atoms with van der Waals surface area (Å²) in [7, 11) is 0. The number of aliphatic hydroxyl groups is 1. The molecule has 2 aromatic rings. The lowest BCUT2D eigenvalue weighted by atomic mass is 10.0. The number of hydrogen-bond acceptors (Lipinski definition) is 4. The molecule has 2 aromatic carbocycles. The first-order valence-electron chi connectivity index (χ1n) is 7.60. The maximum atomic E-state index is 11.8. The zero-order chi connectivity index (χ0) is 16.7. The van der Waals surface area contributed by atoms with Crippen molar-refractivity contribution in [3.05, 3.63) is 42.5 Å². The molecule has 0 saturated carbocycles. The Labute approximate surface area is 141 Å². The monoisotopic (exact) mass is 333 g/mol. The number of rotatable bonds is 8. The molecule has 0 aromatic heterocycles. The van der Waals surface area contributed by atoms with Crippen LogP contribution in [0.4, 0.5) is 0 Å². The summed E-state index contributed by atoms with van der Waals surface area (Å²) in [4.78, 5) is 11.8. The lowest BCUT2D eigenvalue weighted by Crippen LogP contribution is -2.42. The molecule has 124 valence electrons. The van der Waals surface area contributed by atoms with Crippen molar-refractivity contribution >= 4 is 28.4 Å². The average Bonchev–Trinajstić information content (AvgIpc) is 2.56. The van der Waals surface area contributed by atoms with Crippen LogP contribution in [-0.4, -0.2) is 41.8 Å². The number of benzene rings is 2. The molecule has 0 aliphatic heterocycles. The summed E-state index contributed by atoms with van der Waals surface area (Å²) >= 11 is 1.67. The summed E-state index contributed by atoms with van der Waals surface area (Å²) in [6.07, 6.45) is 2.63. The summed E-state index contributed by atoms with van der Waals surface area (Å²) in [6, 6.07) is 13.7. The smallest absolute Gasteiger partial charge is 0.258 e. The zero-order valence-electron chi connectivity index (χ0n) is 13.5. The number of amides is 1. The highest BCUT2D eigenvalue weighted by atomic mass is 32.2. The van der Waals surface area contributed by atoms with E-state index in [-0.39, 0.29) is 19.1 Å². The standard InChI is InChI=1S/C18H23NO3S/c1-18(21,9-10-23-2)13-19-17(20)12-22-16-8-7-14-5-3-4-6-15(14)11-16/h3-8,11,21H,9-10,12-13H2,1-2H3,(H,19,20)/t18-/m1/s1. The molecule has 2 rings (SSSR count). The number of carbonyl (C=O) groups excluding carboxylic acids is 1. The molecule has 0 spiro atoms. The molecule has 0 saturated heterocycles. The van der Waals surface area contributed by atoms with Gasteiger partial charge in [-0.15, -0.1) is 0 Å². The number of hydrogen-bond donors (Lipinski definition) is 2. The lowest BCUT2D eigenvalue weighted by molar-refractivity contribution is -0.124. The van der Waals surface area contributed by atoms with Gasteiger partial charge in [-0.25, -0.2) is 0 Å². The normalized spacial score (nSPS) is 13.5. The second kappa shape index (κ2) is 8.22. The van der Waals surface area contributed by atoms with Gasteiger partial charge in [0, 0.05) is 6.54 Å². The van der Waals surface area contributed by atoms with Gasteiger partial charge in [0.2, 0.25) is 0 Å². The van der Waals surface area contributed by atoms with Crippen molar-refractivity contribution in [3.8, 4) is 5.75 Å². The van der Waals surface area contributed by atoms with E-state index >= 15 is 0 Å². The fourth-order valence-electron chi connectivity index (χ4n) is 2.16. The van der Waals surface area contributed by atoms with E-state index in [1.165, 1.54) is 0 Å². The van der Waals surface area contributed by atoms with Crippen LogP contribution in [0, 0.1) is 0 Å². The Hall–Kier alpha value is -1.72. The maximum Gasteiger partial charge on any atom is 0.258 e. The molecule has 0 aliphatic rings. The molecule has 0 aliphatic carbocycles. The van der Waals surface area contributed by atoms with Gasteiger partial charge < -0.3 is 15.2 Å². The van der Waals surface area contributed by atoms with Gasteiger partial charge in [-0.2, -0.15) is 11.8 Å². The van der Waals surface area contributed by atoms with Crippen LogP contribution in [0.1, 0.15) is 13.3 Å². The van der Waals surface area contributed by atoms with Crippen LogP contribution in [-0.2, 0) is 4.79 Å². The molecule has 0 bridgehead atoms. The second-order valence-corrected chi connectivity index (χ2v) is 6.80. The minimum atomic E-state index is -0.887. The minimum Gasteiger partial charge on any atom is -0.484 e. The van der Waals surface area contributed by atoms with Gasteiger partial charge in [0.15, 0.2) is 6.61 Å². The Morgan fingerprint density at radius 3 is 2.74 bits per heavy atom. The van der Waals surface area contributed by atoms with Crippen LogP contribution in [0.15, 0.2) is 42.5 Å². The number of thioether (sulfide) groups is 1. The van der Waals surface area contributed by atoms with Gasteiger partial charge in [0.1, 0.15) is 5.75 Å². The third-order valence-corrected chi connectivity index (χ3v) is 4.21. The Morgan fingerprint density at radius 1 is 1.26 bits per heavy atom. The topological polar surface area (TPSA) is 58.6 Å². The predicted molar refractivity (Wildman–Crippen MR) is 96.1 cm³/mol.